The van der Waals surface area contributed by atoms with Crippen LogP contribution in [0.5, 0.6) is 5.75 Å². The number of anilines is 1. The van der Waals surface area contributed by atoms with Gasteiger partial charge in [0.15, 0.2) is 6.10 Å². The van der Waals surface area contributed by atoms with Crippen molar-refractivity contribution in [3.8, 4) is 5.75 Å². The smallest absolute Gasteiger partial charge is 0.264 e. The minimum atomic E-state index is -4.31. The first-order chi connectivity index (χ1) is 12.8. The molecule has 0 aromatic heterocycles. The Morgan fingerprint density at radius 2 is 1.89 bits per heavy atom. The topological polar surface area (TPSA) is 75.7 Å². The number of fused-ring (bicyclic) bond motifs is 1. The number of benzene rings is 2. The molecular weight excluding hydrogens is 378 g/mol. The summed E-state index contributed by atoms with van der Waals surface area (Å²) in [5, 5.41) is 2.66. The third-order valence-corrected chi connectivity index (χ3v) is 5.76. The van der Waals surface area contributed by atoms with E-state index in [1.165, 1.54) is 12.1 Å². The Kier molecular flexibility index (Phi) is 5.31. The second kappa shape index (κ2) is 7.51. The Morgan fingerprint density at radius 3 is 2.56 bits per heavy atom. The van der Waals surface area contributed by atoms with Crippen LogP contribution in [-0.2, 0) is 14.8 Å². The monoisotopic (exact) mass is 396 g/mol. The van der Waals surface area contributed by atoms with Crippen LogP contribution in [0.3, 0.4) is 0 Å². The molecule has 0 saturated carbocycles. The highest BCUT2D eigenvalue weighted by Crippen LogP contribution is 2.37. The van der Waals surface area contributed by atoms with Crippen molar-refractivity contribution in [2.75, 3.05) is 17.4 Å². The second-order valence-corrected chi connectivity index (χ2v) is 7.87. The minimum absolute atomic E-state index is 0.195. The number of amides is 1. The van der Waals surface area contributed by atoms with Gasteiger partial charge in [0.25, 0.3) is 15.9 Å². The van der Waals surface area contributed by atoms with Crippen molar-refractivity contribution >= 4 is 21.6 Å². The van der Waals surface area contributed by atoms with Crippen LogP contribution in [-0.4, -0.2) is 33.5 Å². The number of carbonyl (C=O) groups is 1. The van der Waals surface area contributed by atoms with Crippen LogP contribution >= 0.6 is 0 Å². The van der Waals surface area contributed by atoms with Crippen molar-refractivity contribution in [1.82, 2.24) is 5.32 Å². The molecule has 6 nitrogen and oxygen atoms in total. The van der Waals surface area contributed by atoms with Gasteiger partial charge in [0.2, 0.25) is 0 Å². The standard InChI is InChI=1S/C18H18F2N2O4S/c1-2-7-21-18(23)17-11-22(15-5-3-4-6-16(15)26-17)27(24,25)14-9-12(19)8-13(20)10-14/h3-6,8-10,17H,2,7,11H2,1H3,(H,21,23). The molecule has 0 fully saturated rings. The van der Waals surface area contributed by atoms with Crippen molar-refractivity contribution in [3.63, 3.8) is 0 Å². The predicted octanol–water partition coefficient (Wildman–Crippen LogP) is 2.45. The summed E-state index contributed by atoms with van der Waals surface area (Å²) in [6, 6.07) is 8.34. The van der Waals surface area contributed by atoms with E-state index in [1.807, 2.05) is 6.92 Å². The maximum absolute atomic E-state index is 13.6. The van der Waals surface area contributed by atoms with E-state index < -0.39 is 38.6 Å². The van der Waals surface area contributed by atoms with E-state index in [0.717, 1.165) is 16.4 Å². The van der Waals surface area contributed by atoms with Crippen LogP contribution in [0.1, 0.15) is 13.3 Å². The average molecular weight is 396 g/mol. The molecule has 27 heavy (non-hydrogen) atoms. The minimum Gasteiger partial charge on any atom is -0.476 e. The van der Waals surface area contributed by atoms with Crippen LogP contribution < -0.4 is 14.4 Å². The fraction of sp³-hybridized carbons (Fsp3) is 0.278. The Balaban J connectivity index is 2.03. The summed E-state index contributed by atoms with van der Waals surface area (Å²) in [6.07, 6.45) is -0.376. The number of nitrogens with zero attached hydrogens (tertiary/aromatic N) is 1. The van der Waals surface area contributed by atoms with Gasteiger partial charge in [0.1, 0.15) is 17.4 Å². The summed E-state index contributed by atoms with van der Waals surface area (Å²) >= 11 is 0. The summed E-state index contributed by atoms with van der Waals surface area (Å²) in [5.74, 6) is -2.28. The van der Waals surface area contributed by atoms with Crippen molar-refractivity contribution in [1.29, 1.82) is 0 Å². The largest absolute Gasteiger partial charge is 0.476 e. The molecule has 1 aliphatic rings. The Bertz CT molecular complexity index is 945. The zero-order valence-electron chi connectivity index (χ0n) is 14.5. The molecule has 2 aromatic carbocycles. The van der Waals surface area contributed by atoms with Crippen molar-refractivity contribution in [2.24, 2.45) is 0 Å². The quantitative estimate of drug-likeness (QED) is 0.842. The van der Waals surface area contributed by atoms with Gasteiger partial charge in [-0.1, -0.05) is 19.1 Å². The van der Waals surface area contributed by atoms with Gasteiger partial charge in [-0.15, -0.1) is 0 Å². The fourth-order valence-corrected chi connectivity index (χ4v) is 4.25. The van der Waals surface area contributed by atoms with E-state index in [4.69, 9.17) is 4.74 Å². The first-order valence-electron chi connectivity index (χ1n) is 8.35. The van der Waals surface area contributed by atoms with E-state index in [-0.39, 0.29) is 18.0 Å². The van der Waals surface area contributed by atoms with Crippen molar-refractivity contribution < 1.29 is 26.7 Å². The molecule has 2 aromatic rings. The SMILES string of the molecule is CCCNC(=O)C1CN(S(=O)(=O)c2cc(F)cc(F)c2)c2ccccc2O1. The summed E-state index contributed by atoms with van der Waals surface area (Å²) in [4.78, 5) is 11.8. The summed E-state index contributed by atoms with van der Waals surface area (Å²) < 4.78 is 59.8. The predicted molar refractivity (Wildman–Crippen MR) is 95.0 cm³/mol. The molecule has 144 valence electrons. The van der Waals surface area contributed by atoms with Crippen molar-refractivity contribution in [3.05, 3.63) is 54.1 Å². The van der Waals surface area contributed by atoms with Crippen LogP contribution in [0.15, 0.2) is 47.4 Å². The second-order valence-electron chi connectivity index (χ2n) is 6.01. The van der Waals surface area contributed by atoms with Crippen LogP contribution in [0.25, 0.3) is 0 Å². The molecule has 1 N–H and O–H groups in total. The van der Waals surface area contributed by atoms with Gasteiger partial charge >= 0.3 is 0 Å². The summed E-state index contributed by atoms with van der Waals surface area (Å²) in [7, 11) is -4.31. The third-order valence-electron chi connectivity index (χ3n) is 4.00. The number of nitrogens with one attached hydrogen (secondary N) is 1. The lowest BCUT2D eigenvalue weighted by atomic mass is 10.2. The van der Waals surface area contributed by atoms with Gasteiger partial charge in [-0.05, 0) is 30.7 Å². The van der Waals surface area contributed by atoms with E-state index in [9.17, 15) is 22.0 Å². The highest BCUT2D eigenvalue weighted by molar-refractivity contribution is 7.92. The molecule has 1 amide bonds. The molecule has 1 unspecified atom stereocenters. The average Bonchev–Trinajstić information content (AvgIpc) is 2.64. The molecule has 1 atom stereocenters. The summed E-state index contributed by atoms with van der Waals surface area (Å²) in [5.41, 5.74) is 0.196. The number of hydrogen-bond donors (Lipinski definition) is 1. The molecule has 0 saturated heterocycles. The number of ether oxygens (including phenoxy) is 1. The van der Waals surface area contributed by atoms with Crippen molar-refractivity contribution in [2.45, 2.75) is 24.3 Å². The number of rotatable bonds is 5. The molecule has 1 heterocycles. The molecule has 1 aliphatic heterocycles. The maximum Gasteiger partial charge on any atom is 0.264 e. The van der Waals surface area contributed by atoms with Gasteiger partial charge in [-0.25, -0.2) is 17.2 Å². The number of sulfonamides is 1. The number of hydrogen-bond acceptors (Lipinski definition) is 4. The molecule has 0 aliphatic carbocycles. The lowest BCUT2D eigenvalue weighted by Gasteiger charge is -2.34. The molecular formula is C18H18F2N2O4S. The summed E-state index contributed by atoms with van der Waals surface area (Å²) in [6.45, 7) is 1.99. The normalized spacial score (nSPS) is 16.4. The Morgan fingerprint density at radius 1 is 1.22 bits per heavy atom. The van der Waals surface area contributed by atoms with Gasteiger partial charge in [0, 0.05) is 12.6 Å². The lowest BCUT2D eigenvalue weighted by Crippen LogP contribution is -2.50. The third kappa shape index (κ3) is 3.87. The zero-order valence-corrected chi connectivity index (χ0v) is 15.3. The first kappa shape index (κ1) is 19.1. The number of para-hydroxylation sites is 2. The van der Waals surface area contributed by atoms with E-state index in [0.29, 0.717) is 19.0 Å². The van der Waals surface area contributed by atoms with E-state index in [2.05, 4.69) is 5.32 Å². The van der Waals surface area contributed by atoms with Gasteiger partial charge in [0.05, 0.1) is 17.1 Å². The van der Waals surface area contributed by atoms with Gasteiger partial charge < -0.3 is 10.1 Å². The van der Waals surface area contributed by atoms with Crippen LogP contribution in [0.4, 0.5) is 14.5 Å². The zero-order chi connectivity index (χ0) is 19.6. The van der Waals surface area contributed by atoms with Gasteiger partial charge in [-0.3, -0.25) is 9.10 Å². The molecule has 0 radical (unpaired) electrons. The van der Waals surface area contributed by atoms with Crippen LogP contribution in [0.2, 0.25) is 0 Å². The number of carbonyl (C=O) groups excluding carboxylic acids is 1. The maximum atomic E-state index is 13.6. The van der Waals surface area contributed by atoms with E-state index in [1.54, 1.807) is 12.1 Å². The lowest BCUT2D eigenvalue weighted by molar-refractivity contribution is -0.127. The highest BCUT2D eigenvalue weighted by atomic mass is 32.2. The Labute approximate surface area is 155 Å². The van der Waals surface area contributed by atoms with Crippen LogP contribution in [0, 0.1) is 11.6 Å². The first-order valence-corrected chi connectivity index (χ1v) is 9.79. The highest BCUT2D eigenvalue weighted by Gasteiger charge is 2.37. The molecule has 0 bridgehead atoms. The molecule has 3 rings (SSSR count). The Hall–Kier alpha value is -2.68. The fourth-order valence-electron chi connectivity index (χ4n) is 2.73. The van der Waals surface area contributed by atoms with Gasteiger partial charge in [-0.2, -0.15) is 0 Å². The van der Waals surface area contributed by atoms with E-state index >= 15 is 0 Å². The molecule has 9 heteroatoms. The molecule has 0 spiro atoms. The number of halogens is 2.